The molecule has 0 radical (unpaired) electrons. The number of alkyl halides is 1. The van der Waals surface area contributed by atoms with E-state index in [9.17, 15) is 4.39 Å². The Balaban J connectivity index is 2.84. The Kier molecular flexibility index (Phi) is 5.07. The minimum atomic E-state index is -0.352. The number of ether oxygens (including phenoxy) is 1. The molecule has 16 heavy (non-hydrogen) atoms. The number of hydrogen-bond acceptors (Lipinski definition) is 1. The van der Waals surface area contributed by atoms with Gasteiger partial charge in [0.1, 0.15) is 0 Å². The van der Waals surface area contributed by atoms with Gasteiger partial charge in [0.25, 0.3) is 0 Å². The lowest BCUT2D eigenvalue weighted by Gasteiger charge is -2.18. The molecule has 0 saturated heterocycles. The van der Waals surface area contributed by atoms with Gasteiger partial charge in [-0.25, -0.2) is 4.39 Å². The highest BCUT2D eigenvalue weighted by atomic mass is 35.5. The van der Waals surface area contributed by atoms with Crippen molar-refractivity contribution in [2.45, 2.75) is 32.1 Å². The van der Waals surface area contributed by atoms with E-state index in [0.29, 0.717) is 5.92 Å². The minimum absolute atomic E-state index is 0.139. The van der Waals surface area contributed by atoms with Gasteiger partial charge in [0, 0.05) is 0 Å². The van der Waals surface area contributed by atoms with Crippen LogP contribution in [0.2, 0.25) is 0 Å². The summed E-state index contributed by atoms with van der Waals surface area (Å²) in [7, 11) is 1.45. The number of halogens is 2. The lowest BCUT2D eigenvalue weighted by atomic mass is 9.96. The highest BCUT2D eigenvalue weighted by molar-refractivity contribution is 6.21. The second-order valence-electron chi connectivity index (χ2n) is 4.06. The van der Waals surface area contributed by atoms with E-state index >= 15 is 0 Å². The first kappa shape index (κ1) is 13.3. The molecule has 0 heterocycles. The van der Waals surface area contributed by atoms with Crippen molar-refractivity contribution in [1.29, 1.82) is 0 Å². The van der Waals surface area contributed by atoms with Gasteiger partial charge in [-0.1, -0.05) is 26.3 Å². The minimum Gasteiger partial charge on any atom is -0.494 e. The molecule has 0 fully saturated rings. The third-order valence-electron chi connectivity index (χ3n) is 2.74. The third-order valence-corrected chi connectivity index (χ3v) is 3.42. The summed E-state index contributed by atoms with van der Waals surface area (Å²) in [4.78, 5) is 0. The van der Waals surface area contributed by atoms with Crippen LogP contribution in [-0.4, -0.2) is 7.11 Å². The lowest BCUT2D eigenvalue weighted by molar-refractivity contribution is 0.385. The lowest BCUT2D eigenvalue weighted by Crippen LogP contribution is -2.04. The Morgan fingerprint density at radius 2 is 2.12 bits per heavy atom. The zero-order valence-electron chi connectivity index (χ0n) is 9.97. The highest BCUT2D eigenvalue weighted by Gasteiger charge is 2.17. The monoisotopic (exact) mass is 244 g/mol. The summed E-state index contributed by atoms with van der Waals surface area (Å²) in [6.07, 6.45) is 2.13. The van der Waals surface area contributed by atoms with E-state index in [0.717, 1.165) is 18.4 Å². The molecule has 0 saturated carbocycles. The molecular weight excluding hydrogens is 227 g/mol. The first-order valence-corrected chi connectivity index (χ1v) is 6.01. The van der Waals surface area contributed by atoms with Gasteiger partial charge in [-0.15, -0.1) is 11.6 Å². The maximum Gasteiger partial charge on any atom is 0.165 e. The molecule has 0 amide bonds. The van der Waals surface area contributed by atoms with Crippen LogP contribution in [0.4, 0.5) is 4.39 Å². The van der Waals surface area contributed by atoms with Gasteiger partial charge in [0.2, 0.25) is 0 Å². The van der Waals surface area contributed by atoms with Crippen molar-refractivity contribution in [2.24, 2.45) is 5.92 Å². The fraction of sp³-hybridized carbons (Fsp3) is 0.538. The number of rotatable bonds is 5. The van der Waals surface area contributed by atoms with Crippen LogP contribution in [-0.2, 0) is 0 Å². The number of benzene rings is 1. The number of hydrogen-bond donors (Lipinski definition) is 0. The molecule has 0 aromatic heterocycles. The molecule has 0 aliphatic rings. The molecule has 1 aromatic rings. The Morgan fingerprint density at radius 3 is 2.62 bits per heavy atom. The first-order valence-electron chi connectivity index (χ1n) is 5.57. The van der Waals surface area contributed by atoms with Crippen molar-refractivity contribution in [2.75, 3.05) is 7.11 Å². The highest BCUT2D eigenvalue weighted by Crippen LogP contribution is 2.33. The average Bonchev–Trinajstić information content (AvgIpc) is 2.28. The van der Waals surface area contributed by atoms with Gasteiger partial charge >= 0.3 is 0 Å². The van der Waals surface area contributed by atoms with E-state index < -0.39 is 0 Å². The van der Waals surface area contributed by atoms with E-state index in [-0.39, 0.29) is 16.9 Å². The second-order valence-corrected chi connectivity index (χ2v) is 4.53. The summed E-state index contributed by atoms with van der Waals surface area (Å²) in [5.74, 6) is 0.254. The SMILES string of the molecule is CCCC(C)C(Cl)c1ccc(OC)c(F)c1. The smallest absolute Gasteiger partial charge is 0.165 e. The van der Waals surface area contributed by atoms with E-state index in [1.807, 2.05) is 6.07 Å². The van der Waals surface area contributed by atoms with Crippen molar-refractivity contribution in [3.63, 3.8) is 0 Å². The maximum atomic E-state index is 13.5. The van der Waals surface area contributed by atoms with Crippen LogP contribution in [0, 0.1) is 11.7 Å². The van der Waals surface area contributed by atoms with Crippen molar-refractivity contribution >= 4 is 11.6 Å². The second kappa shape index (κ2) is 6.09. The molecule has 0 spiro atoms. The van der Waals surface area contributed by atoms with Crippen molar-refractivity contribution in [3.8, 4) is 5.75 Å². The molecule has 90 valence electrons. The molecule has 0 bridgehead atoms. The van der Waals surface area contributed by atoms with Crippen LogP contribution in [0.25, 0.3) is 0 Å². The normalized spacial score (nSPS) is 14.6. The van der Waals surface area contributed by atoms with Crippen LogP contribution in [0.15, 0.2) is 18.2 Å². The Labute approximate surface area is 102 Å². The molecule has 0 aliphatic carbocycles. The maximum absolute atomic E-state index is 13.5. The number of methoxy groups -OCH3 is 1. The molecular formula is C13H18ClFO. The molecule has 1 nitrogen and oxygen atoms in total. The predicted molar refractivity (Wildman–Crippen MR) is 65.6 cm³/mol. The van der Waals surface area contributed by atoms with Crippen molar-refractivity contribution < 1.29 is 9.13 Å². The van der Waals surface area contributed by atoms with Gasteiger partial charge in [-0.2, -0.15) is 0 Å². The summed E-state index contributed by atoms with van der Waals surface area (Å²) in [5.41, 5.74) is 0.820. The summed E-state index contributed by atoms with van der Waals surface area (Å²) >= 11 is 6.30. The standard InChI is InChI=1S/C13H18ClFO/c1-4-5-9(2)13(14)10-6-7-12(16-3)11(15)8-10/h6-9,13H,4-5H2,1-3H3. The molecule has 2 unspecified atom stereocenters. The van der Waals surface area contributed by atoms with E-state index in [1.54, 1.807) is 6.07 Å². The van der Waals surface area contributed by atoms with Crippen LogP contribution < -0.4 is 4.74 Å². The fourth-order valence-electron chi connectivity index (χ4n) is 1.78. The Bertz CT molecular complexity index is 341. The van der Waals surface area contributed by atoms with Gasteiger partial charge in [-0.3, -0.25) is 0 Å². The van der Waals surface area contributed by atoms with Crippen LogP contribution in [0.3, 0.4) is 0 Å². The summed E-state index contributed by atoms with van der Waals surface area (Å²) in [6.45, 7) is 4.21. The Hall–Kier alpha value is -0.760. The molecule has 0 aliphatic heterocycles. The Morgan fingerprint density at radius 1 is 1.44 bits per heavy atom. The zero-order valence-corrected chi connectivity index (χ0v) is 10.7. The topological polar surface area (TPSA) is 9.23 Å². The summed E-state index contributed by atoms with van der Waals surface area (Å²) in [6, 6.07) is 4.91. The van der Waals surface area contributed by atoms with Crippen molar-refractivity contribution in [1.82, 2.24) is 0 Å². The van der Waals surface area contributed by atoms with Gasteiger partial charge < -0.3 is 4.74 Å². The molecule has 3 heteroatoms. The first-order chi connectivity index (χ1) is 7.60. The van der Waals surface area contributed by atoms with Crippen molar-refractivity contribution in [3.05, 3.63) is 29.6 Å². The van der Waals surface area contributed by atoms with E-state index in [2.05, 4.69) is 13.8 Å². The molecule has 1 rings (SSSR count). The summed E-state index contributed by atoms with van der Waals surface area (Å²) in [5, 5.41) is -0.139. The van der Waals surface area contributed by atoms with Crippen LogP contribution in [0.5, 0.6) is 5.75 Å². The quantitative estimate of drug-likeness (QED) is 0.691. The largest absolute Gasteiger partial charge is 0.494 e. The fourth-order valence-corrected chi connectivity index (χ4v) is 2.05. The van der Waals surface area contributed by atoms with Gasteiger partial charge in [-0.05, 0) is 30.0 Å². The molecule has 0 N–H and O–H groups in total. The molecule has 1 aromatic carbocycles. The zero-order chi connectivity index (χ0) is 12.1. The van der Waals surface area contributed by atoms with Crippen LogP contribution >= 0.6 is 11.6 Å². The summed E-state index contributed by atoms with van der Waals surface area (Å²) < 4.78 is 18.3. The van der Waals surface area contributed by atoms with Crippen LogP contribution in [0.1, 0.15) is 37.6 Å². The third kappa shape index (κ3) is 3.11. The van der Waals surface area contributed by atoms with E-state index in [1.165, 1.54) is 13.2 Å². The van der Waals surface area contributed by atoms with E-state index in [4.69, 9.17) is 16.3 Å². The average molecular weight is 245 g/mol. The van der Waals surface area contributed by atoms with Gasteiger partial charge in [0.05, 0.1) is 12.5 Å². The predicted octanol–water partition coefficient (Wildman–Crippen LogP) is 4.55. The van der Waals surface area contributed by atoms with Gasteiger partial charge in [0.15, 0.2) is 11.6 Å². The molecule has 2 atom stereocenters.